The minimum Gasteiger partial charge on any atom is -0.0651 e. The first-order valence-electron chi connectivity index (χ1n) is 11.2. The minimum atomic E-state index is 0.543. The molecule has 0 heterocycles. The first-order chi connectivity index (χ1) is 13.3. The molecule has 0 aliphatic heterocycles. The molecule has 2 aromatic rings. The topological polar surface area (TPSA) is 0 Å². The number of allylic oxidation sites excluding steroid dienone is 1. The molecule has 0 heteroatoms. The van der Waals surface area contributed by atoms with E-state index < -0.39 is 0 Å². The number of rotatable bonds is 7. The van der Waals surface area contributed by atoms with Crippen molar-refractivity contribution in [3.05, 3.63) is 70.1 Å². The lowest BCUT2D eigenvalue weighted by molar-refractivity contribution is 0.669. The zero-order chi connectivity index (χ0) is 20.4. The summed E-state index contributed by atoms with van der Waals surface area (Å²) in [6.07, 6.45) is 8.39. The summed E-state index contributed by atoms with van der Waals surface area (Å²) in [7, 11) is 0. The Kier molecular flexibility index (Phi) is 6.48. The summed E-state index contributed by atoms with van der Waals surface area (Å²) in [4.78, 5) is 0. The predicted molar refractivity (Wildman–Crippen MR) is 125 cm³/mol. The van der Waals surface area contributed by atoms with Gasteiger partial charge >= 0.3 is 0 Å². The van der Waals surface area contributed by atoms with E-state index in [9.17, 15) is 0 Å². The molecule has 0 nitrogen and oxygen atoms in total. The van der Waals surface area contributed by atoms with Crippen LogP contribution in [0.5, 0.6) is 0 Å². The Labute approximate surface area is 173 Å². The summed E-state index contributed by atoms with van der Waals surface area (Å²) < 4.78 is 0. The fraction of sp³-hybridized carbons (Fsp3) is 0.464. The van der Waals surface area contributed by atoms with E-state index in [0.29, 0.717) is 17.8 Å². The molecule has 0 N–H and O–H groups in total. The number of hydrogen-bond acceptors (Lipinski definition) is 0. The molecule has 2 aromatic carbocycles. The Balaban J connectivity index is 2.24. The van der Waals surface area contributed by atoms with E-state index >= 15 is 0 Å². The van der Waals surface area contributed by atoms with Crippen LogP contribution in [0.25, 0.3) is 17.2 Å². The monoisotopic (exact) mass is 373 g/mol. The highest BCUT2D eigenvalue weighted by Gasteiger charge is 2.22. The second-order valence-corrected chi connectivity index (χ2v) is 9.15. The Morgan fingerprint density at radius 1 is 0.821 bits per heavy atom. The standard InChI is InChI=1S/C28H37/c1-8-10-21-11-12-22-13-25(20(7)9-2)17-27(22)28(21)26-15-23(18(3)4)14-24(16-26)19(5)6/h11-20H,8-10H2,1-7H3. The molecule has 0 aromatic heterocycles. The van der Waals surface area contributed by atoms with E-state index in [2.05, 4.69) is 91.3 Å². The maximum absolute atomic E-state index is 2.47. The number of aryl methyl sites for hydroxylation is 1. The van der Waals surface area contributed by atoms with Gasteiger partial charge in [-0.1, -0.05) is 96.9 Å². The van der Waals surface area contributed by atoms with Crippen LogP contribution in [-0.2, 0) is 6.42 Å². The molecule has 0 spiro atoms. The van der Waals surface area contributed by atoms with Crippen LogP contribution in [-0.4, -0.2) is 0 Å². The van der Waals surface area contributed by atoms with E-state index in [4.69, 9.17) is 0 Å². The average Bonchev–Trinajstić information content (AvgIpc) is 3.11. The summed E-state index contributed by atoms with van der Waals surface area (Å²) in [5.41, 5.74) is 11.6. The molecule has 28 heavy (non-hydrogen) atoms. The fourth-order valence-electron chi connectivity index (χ4n) is 4.18. The van der Waals surface area contributed by atoms with Crippen molar-refractivity contribution in [3.63, 3.8) is 0 Å². The number of fused-ring (bicyclic) bond motifs is 1. The molecule has 0 amide bonds. The van der Waals surface area contributed by atoms with Gasteiger partial charge in [0.25, 0.3) is 0 Å². The molecule has 0 saturated carbocycles. The maximum atomic E-state index is 2.47. The SMILES string of the molecule is CCCc1ccc2c(c1-c1cc(C(C)C)cc(C(C)C)c1)C=C(C(C)CC)[CH]2. The fourth-order valence-corrected chi connectivity index (χ4v) is 4.18. The summed E-state index contributed by atoms with van der Waals surface area (Å²) in [5, 5.41) is 0. The van der Waals surface area contributed by atoms with Crippen molar-refractivity contribution >= 4 is 6.08 Å². The zero-order valence-corrected chi connectivity index (χ0v) is 18.9. The maximum Gasteiger partial charge on any atom is 0.0167 e. The van der Waals surface area contributed by atoms with Crippen molar-refractivity contribution < 1.29 is 0 Å². The molecule has 0 fully saturated rings. The van der Waals surface area contributed by atoms with E-state index in [0.717, 1.165) is 6.42 Å². The minimum absolute atomic E-state index is 0.543. The smallest absolute Gasteiger partial charge is 0.0167 e. The summed E-state index contributed by atoms with van der Waals surface area (Å²) in [6, 6.07) is 12.0. The van der Waals surface area contributed by atoms with Gasteiger partial charge in [-0.05, 0) is 69.5 Å². The van der Waals surface area contributed by atoms with Gasteiger partial charge in [-0.15, -0.1) is 0 Å². The molecule has 1 aliphatic carbocycles. The lowest BCUT2D eigenvalue weighted by atomic mass is 9.86. The van der Waals surface area contributed by atoms with Crippen molar-refractivity contribution in [2.75, 3.05) is 0 Å². The summed E-state index contributed by atoms with van der Waals surface area (Å²) in [6.45, 7) is 16.1. The second kappa shape index (κ2) is 8.68. The third kappa shape index (κ3) is 4.12. The Bertz CT molecular complexity index is 838. The van der Waals surface area contributed by atoms with Crippen LogP contribution in [0.2, 0.25) is 0 Å². The summed E-state index contributed by atoms with van der Waals surface area (Å²) >= 11 is 0. The molecular weight excluding hydrogens is 336 g/mol. The Morgan fingerprint density at radius 2 is 1.46 bits per heavy atom. The van der Waals surface area contributed by atoms with Crippen molar-refractivity contribution in [2.45, 2.75) is 79.6 Å². The molecule has 0 saturated heterocycles. The predicted octanol–water partition coefficient (Wildman–Crippen LogP) is 8.55. The Morgan fingerprint density at radius 3 is 2.00 bits per heavy atom. The Hall–Kier alpha value is -1.82. The van der Waals surface area contributed by atoms with Crippen LogP contribution < -0.4 is 0 Å². The third-order valence-electron chi connectivity index (χ3n) is 6.30. The summed E-state index contributed by atoms with van der Waals surface area (Å²) in [5.74, 6) is 1.70. The van der Waals surface area contributed by atoms with Crippen molar-refractivity contribution in [1.29, 1.82) is 0 Å². The molecule has 3 rings (SSSR count). The van der Waals surface area contributed by atoms with E-state index in [1.54, 1.807) is 0 Å². The van der Waals surface area contributed by atoms with Crippen molar-refractivity contribution in [3.8, 4) is 11.1 Å². The van der Waals surface area contributed by atoms with Gasteiger partial charge in [-0.25, -0.2) is 0 Å². The normalized spacial score (nSPS) is 14.5. The van der Waals surface area contributed by atoms with Gasteiger partial charge in [-0.2, -0.15) is 0 Å². The van der Waals surface area contributed by atoms with Crippen LogP contribution >= 0.6 is 0 Å². The first kappa shape index (κ1) is 20.9. The van der Waals surface area contributed by atoms with Crippen LogP contribution in [0, 0.1) is 12.3 Å². The van der Waals surface area contributed by atoms with Crippen molar-refractivity contribution in [2.24, 2.45) is 5.92 Å². The van der Waals surface area contributed by atoms with Crippen LogP contribution in [0.4, 0.5) is 0 Å². The first-order valence-corrected chi connectivity index (χ1v) is 11.2. The third-order valence-corrected chi connectivity index (χ3v) is 6.30. The van der Waals surface area contributed by atoms with Crippen LogP contribution in [0.1, 0.15) is 101 Å². The van der Waals surface area contributed by atoms with Gasteiger partial charge in [0.15, 0.2) is 0 Å². The van der Waals surface area contributed by atoms with Crippen LogP contribution in [0.15, 0.2) is 35.9 Å². The number of hydrogen-bond donors (Lipinski definition) is 0. The average molecular weight is 374 g/mol. The quantitative estimate of drug-likeness (QED) is 0.456. The molecule has 1 unspecified atom stereocenters. The van der Waals surface area contributed by atoms with Crippen LogP contribution in [0.3, 0.4) is 0 Å². The lowest BCUT2D eigenvalue weighted by Gasteiger charge is -2.19. The molecule has 149 valence electrons. The highest BCUT2D eigenvalue weighted by atomic mass is 14.3. The molecule has 1 aliphatic rings. The van der Waals surface area contributed by atoms with Gasteiger partial charge in [0.05, 0.1) is 0 Å². The molecule has 1 atom stereocenters. The molecule has 0 bridgehead atoms. The molecule has 1 radical (unpaired) electrons. The highest BCUT2D eigenvalue weighted by Crippen LogP contribution is 2.41. The van der Waals surface area contributed by atoms with Gasteiger partial charge in [-0.3, -0.25) is 0 Å². The van der Waals surface area contributed by atoms with E-state index in [-0.39, 0.29) is 0 Å². The van der Waals surface area contributed by atoms with Gasteiger partial charge in [0.2, 0.25) is 0 Å². The highest BCUT2D eigenvalue weighted by molar-refractivity contribution is 5.86. The van der Waals surface area contributed by atoms with Crippen molar-refractivity contribution in [1.82, 2.24) is 0 Å². The van der Waals surface area contributed by atoms with Gasteiger partial charge < -0.3 is 0 Å². The van der Waals surface area contributed by atoms with E-state index in [1.165, 1.54) is 57.4 Å². The van der Waals surface area contributed by atoms with Gasteiger partial charge in [0.1, 0.15) is 0 Å². The largest absolute Gasteiger partial charge is 0.0651 e. The second-order valence-electron chi connectivity index (χ2n) is 9.15. The number of benzene rings is 2. The zero-order valence-electron chi connectivity index (χ0n) is 18.9. The van der Waals surface area contributed by atoms with E-state index in [1.807, 2.05) is 0 Å². The van der Waals surface area contributed by atoms with Gasteiger partial charge in [0, 0.05) is 6.42 Å². The lowest BCUT2D eigenvalue weighted by Crippen LogP contribution is -1.99. The molecular formula is C28H37.